The molecule has 0 N–H and O–H groups in total. The van der Waals surface area contributed by atoms with Crippen molar-refractivity contribution in [1.29, 1.82) is 0 Å². The van der Waals surface area contributed by atoms with Gasteiger partial charge in [0.1, 0.15) is 5.76 Å². The minimum Gasteiger partial charge on any atom is -0.481 e. The van der Waals surface area contributed by atoms with Crippen LogP contribution in [0, 0.1) is 0 Å². The van der Waals surface area contributed by atoms with Crippen LogP contribution in [0.3, 0.4) is 0 Å². The first-order valence-electron chi connectivity index (χ1n) is 3.61. The fourth-order valence-electron chi connectivity index (χ4n) is 1.29. The molecular weight excluding hydrogens is 126 g/mol. The molecule has 0 aromatic rings. The SMILES string of the molecule is C1=CC2=C(CC1)OC[N]C2. The maximum Gasteiger partial charge on any atom is 0.154 e. The molecule has 1 heterocycles. The Morgan fingerprint density at radius 1 is 1.50 bits per heavy atom. The second-order valence-electron chi connectivity index (χ2n) is 2.54. The third-order valence-electron chi connectivity index (χ3n) is 1.83. The van der Waals surface area contributed by atoms with Gasteiger partial charge in [0, 0.05) is 18.5 Å². The Labute approximate surface area is 60.6 Å². The van der Waals surface area contributed by atoms with Gasteiger partial charge in [-0.1, -0.05) is 12.2 Å². The molecule has 0 aromatic carbocycles. The Morgan fingerprint density at radius 2 is 2.50 bits per heavy atom. The number of rotatable bonds is 0. The average Bonchev–Trinajstić information content (AvgIpc) is 2.05. The maximum atomic E-state index is 5.34. The van der Waals surface area contributed by atoms with Gasteiger partial charge in [-0.25, -0.2) is 0 Å². The summed E-state index contributed by atoms with van der Waals surface area (Å²) in [6.07, 6.45) is 6.50. The summed E-state index contributed by atoms with van der Waals surface area (Å²) in [7, 11) is 0. The van der Waals surface area contributed by atoms with E-state index in [2.05, 4.69) is 17.5 Å². The van der Waals surface area contributed by atoms with E-state index in [0.29, 0.717) is 6.73 Å². The Hall–Kier alpha value is -0.760. The molecule has 1 aliphatic carbocycles. The van der Waals surface area contributed by atoms with Crippen LogP contribution in [0.1, 0.15) is 12.8 Å². The van der Waals surface area contributed by atoms with Crippen molar-refractivity contribution in [2.45, 2.75) is 12.8 Å². The molecule has 0 spiro atoms. The summed E-state index contributed by atoms with van der Waals surface area (Å²) >= 11 is 0. The van der Waals surface area contributed by atoms with Crippen molar-refractivity contribution in [3.05, 3.63) is 23.5 Å². The summed E-state index contributed by atoms with van der Waals surface area (Å²) < 4.78 is 5.34. The van der Waals surface area contributed by atoms with Gasteiger partial charge in [0.05, 0.1) is 0 Å². The lowest BCUT2D eigenvalue weighted by atomic mass is 10.0. The first-order valence-corrected chi connectivity index (χ1v) is 3.61. The topological polar surface area (TPSA) is 23.3 Å². The van der Waals surface area contributed by atoms with E-state index in [1.165, 1.54) is 5.57 Å². The van der Waals surface area contributed by atoms with E-state index in [-0.39, 0.29) is 0 Å². The molecular formula is C8H10NO. The Balaban J connectivity index is 2.23. The summed E-state index contributed by atoms with van der Waals surface area (Å²) in [5, 5.41) is 4.13. The molecule has 0 unspecified atom stereocenters. The molecule has 0 saturated heterocycles. The third-order valence-corrected chi connectivity index (χ3v) is 1.83. The van der Waals surface area contributed by atoms with Crippen molar-refractivity contribution in [3.63, 3.8) is 0 Å². The zero-order valence-electron chi connectivity index (χ0n) is 5.84. The van der Waals surface area contributed by atoms with Crippen molar-refractivity contribution in [2.24, 2.45) is 0 Å². The summed E-state index contributed by atoms with van der Waals surface area (Å²) in [5.41, 5.74) is 1.28. The van der Waals surface area contributed by atoms with Crippen LogP contribution >= 0.6 is 0 Å². The second kappa shape index (κ2) is 2.46. The normalized spacial score (nSPS) is 24.0. The van der Waals surface area contributed by atoms with Gasteiger partial charge in [0.25, 0.3) is 0 Å². The minimum absolute atomic E-state index is 0.562. The Morgan fingerprint density at radius 3 is 3.40 bits per heavy atom. The van der Waals surface area contributed by atoms with Gasteiger partial charge in [0.2, 0.25) is 0 Å². The van der Waals surface area contributed by atoms with Crippen molar-refractivity contribution in [1.82, 2.24) is 5.32 Å². The zero-order valence-corrected chi connectivity index (χ0v) is 5.84. The maximum absolute atomic E-state index is 5.34. The smallest absolute Gasteiger partial charge is 0.154 e. The summed E-state index contributed by atoms with van der Waals surface area (Å²) in [6, 6.07) is 0. The summed E-state index contributed by atoms with van der Waals surface area (Å²) in [6.45, 7) is 1.42. The van der Waals surface area contributed by atoms with Gasteiger partial charge >= 0.3 is 0 Å². The van der Waals surface area contributed by atoms with E-state index >= 15 is 0 Å². The number of allylic oxidation sites excluding steroid dienone is 2. The lowest BCUT2D eigenvalue weighted by Crippen LogP contribution is -2.21. The number of hydrogen-bond acceptors (Lipinski definition) is 1. The lowest BCUT2D eigenvalue weighted by Gasteiger charge is -2.21. The highest BCUT2D eigenvalue weighted by Crippen LogP contribution is 2.21. The Bertz CT molecular complexity index is 193. The van der Waals surface area contributed by atoms with Crippen LogP contribution in [-0.4, -0.2) is 13.3 Å². The quantitative estimate of drug-likeness (QED) is 0.490. The van der Waals surface area contributed by atoms with Crippen LogP contribution in [0.5, 0.6) is 0 Å². The molecule has 0 aromatic heterocycles. The Kier molecular flexibility index (Phi) is 1.47. The highest BCUT2D eigenvalue weighted by molar-refractivity contribution is 5.28. The fraction of sp³-hybridized carbons (Fsp3) is 0.500. The van der Waals surface area contributed by atoms with Crippen LogP contribution in [0.25, 0.3) is 0 Å². The molecule has 53 valence electrons. The molecule has 0 amide bonds. The van der Waals surface area contributed by atoms with Gasteiger partial charge in [-0.05, 0) is 6.42 Å². The first kappa shape index (κ1) is 5.98. The summed E-state index contributed by atoms with van der Waals surface area (Å²) in [5.74, 6) is 1.16. The molecule has 2 rings (SSSR count). The number of nitrogens with zero attached hydrogens (tertiary/aromatic N) is 1. The van der Waals surface area contributed by atoms with Gasteiger partial charge < -0.3 is 4.74 Å². The third kappa shape index (κ3) is 0.948. The van der Waals surface area contributed by atoms with Crippen LogP contribution in [0.2, 0.25) is 0 Å². The fourth-order valence-corrected chi connectivity index (χ4v) is 1.29. The zero-order chi connectivity index (χ0) is 6.81. The average molecular weight is 136 g/mol. The van der Waals surface area contributed by atoms with E-state index in [0.717, 1.165) is 25.1 Å². The first-order chi connectivity index (χ1) is 4.97. The monoisotopic (exact) mass is 136 g/mol. The van der Waals surface area contributed by atoms with E-state index in [1.807, 2.05) is 0 Å². The van der Waals surface area contributed by atoms with Crippen molar-refractivity contribution in [2.75, 3.05) is 13.3 Å². The minimum atomic E-state index is 0.562. The van der Waals surface area contributed by atoms with Gasteiger partial charge in [-0.2, -0.15) is 5.32 Å². The molecule has 0 saturated carbocycles. The molecule has 1 radical (unpaired) electrons. The largest absolute Gasteiger partial charge is 0.481 e. The standard InChI is InChI=1S/C8H10NO/c1-2-4-8-7(3-1)5-9-6-10-8/h1,3H,2,4-6H2. The molecule has 0 atom stereocenters. The van der Waals surface area contributed by atoms with E-state index < -0.39 is 0 Å². The van der Waals surface area contributed by atoms with Crippen LogP contribution in [0.15, 0.2) is 23.5 Å². The van der Waals surface area contributed by atoms with Crippen molar-refractivity contribution >= 4 is 0 Å². The summed E-state index contributed by atoms with van der Waals surface area (Å²) in [4.78, 5) is 0. The second-order valence-corrected chi connectivity index (χ2v) is 2.54. The number of hydrogen-bond donors (Lipinski definition) is 0. The number of ether oxygens (including phenoxy) is 1. The van der Waals surface area contributed by atoms with Crippen molar-refractivity contribution < 1.29 is 4.74 Å². The highest BCUT2D eigenvalue weighted by atomic mass is 16.5. The molecule has 2 heteroatoms. The van der Waals surface area contributed by atoms with E-state index in [4.69, 9.17) is 4.74 Å². The van der Waals surface area contributed by atoms with Gasteiger partial charge in [-0.15, -0.1) is 0 Å². The van der Waals surface area contributed by atoms with E-state index in [1.54, 1.807) is 0 Å². The molecule has 2 nitrogen and oxygen atoms in total. The van der Waals surface area contributed by atoms with Crippen LogP contribution < -0.4 is 5.32 Å². The predicted molar refractivity (Wildman–Crippen MR) is 38.4 cm³/mol. The highest BCUT2D eigenvalue weighted by Gasteiger charge is 2.13. The van der Waals surface area contributed by atoms with Gasteiger partial charge in [-0.3, -0.25) is 0 Å². The van der Waals surface area contributed by atoms with Crippen LogP contribution in [-0.2, 0) is 4.74 Å². The van der Waals surface area contributed by atoms with Crippen molar-refractivity contribution in [3.8, 4) is 0 Å². The molecule has 0 fully saturated rings. The molecule has 2 aliphatic rings. The predicted octanol–water partition coefficient (Wildman–Crippen LogP) is 1.18. The van der Waals surface area contributed by atoms with E-state index in [9.17, 15) is 0 Å². The molecule has 1 aliphatic heterocycles. The van der Waals surface area contributed by atoms with Crippen LogP contribution in [0.4, 0.5) is 0 Å². The molecule has 10 heavy (non-hydrogen) atoms. The molecule has 0 bridgehead atoms. The lowest BCUT2D eigenvalue weighted by molar-refractivity contribution is 0.160. The van der Waals surface area contributed by atoms with Gasteiger partial charge in [0.15, 0.2) is 6.73 Å².